The fourth-order valence-electron chi connectivity index (χ4n) is 1.33. The standard InChI is InChI=1S/C13H24O5/c1-4-8-17-11(14)6-7-13(3,16)10-12(15)18-9-5-2/h16H,4-10H2,1-3H3. The first-order valence-electron chi connectivity index (χ1n) is 6.45. The Morgan fingerprint density at radius 1 is 1.06 bits per heavy atom. The van der Waals surface area contributed by atoms with Crippen LogP contribution in [0.4, 0.5) is 0 Å². The van der Waals surface area contributed by atoms with Crippen molar-refractivity contribution in [1.82, 2.24) is 0 Å². The molecule has 0 rings (SSSR count). The van der Waals surface area contributed by atoms with Crippen molar-refractivity contribution in [3.05, 3.63) is 0 Å². The largest absolute Gasteiger partial charge is 0.466 e. The zero-order chi connectivity index (χ0) is 14.0. The van der Waals surface area contributed by atoms with Crippen molar-refractivity contribution >= 4 is 11.9 Å². The number of rotatable bonds is 9. The van der Waals surface area contributed by atoms with Crippen molar-refractivity contribution in [3.8, 4) is 0 Å². The summed E-state index contributed by atoms with van der Waals surface area (Å²) in [6.45, 7) is 6.07. The minimum Gasteiger partial charge on any atom is -0.466 e. The molecular formula is C13H24O5. The van der Waals surface area contributed by atoms with Gasteiger partial charge in [-0.2, -0.15) is 0 Å². The highest BCUT2D eigenvalue weighted by atomic mass is 16.5. The number of hydrogen-bond acceptors (Lipinski definition) is 5. The Kier molecular flexibility index (Phi) is 8.37. The van der Waals surface area contributed by atoms with E-state index >= 15 is 0 Å². The highest BCUT2D eigenvalue weighted by Gasteiger charge is 2.26. The lowest BCUT2D eigenvalue weighted by atomic mass is 9.96. The summed E-state index contributed by atoms with van der Waals surface area (Å²) in [5, 5.41) is 9.95. The maximum Gasteiger partial charge on any atom is 0.308 e. The molecule has 1 unspecified atom stereocenters. The highest BCUT2D eigenvalue weighted by Crippen LogP contribution is 2.18. The number of ether oxygens (including phenoxy) is 2. The van der Waals surface area contributed by atoms with Crippen molar-refractivity contribution in [1.29, 1.82) is 0 Å². The normalized spacial score (nSPS) is 13.8. The van der Waals surface area contributed by atoms with E-state index in [9.17, 15) is 14.7 Å². The van der Waals surface area contributed by atoms with Crippen LogP contribution in [0.25, 0.3) is 0 Å². The molecule has 0 fully saturated rings. The molecule has 0 heterocycles. The summed E-state index contributed by atoms with van der Waals surface area (Å²) >= 11 is 0. The minimum absolute atomic E-state index is 0.103. The average molecular weight is 260 g/mol. The first-order chi connectivity index (χ1) is 8.41. The molecule has 18 heavy (non-hydrogen) atoms. The fourth-order valence-corrected chi connectivity index (χ4v) is 1.33. The number of hydrogen-bond donors (Lipinski definition) is 1. The van der Waals surface area contributed by atoms with Gasteiger partial charge in [-0.25, -0.2) is 0 Å². The van der Waals surface area contributed by atoms with Crippen molar-refractivity contribution in [2.75, 3.05) is 13.2 Å². The van der Waals surface area contributed by atoms with Gasteiger partial charge in [0.05, 0.1) is 25.2 Å². The van der Waals surface area contributed by atoms with Gasteiger partial charge in [0, 0.05) is 6.42 Å². The van der Waals surface area contributed by atoms with Crippen LogP contribution in [0.15, 0.2) is 0 Å². The molecule has 0 saturated carbocycles. The molecule has 0 radical (unpaired) electrons. The van der Waals surface area contributed by atoms with Gasteiger partial charge in [-0.05, 0) is 26.2 Å². The molecule has 1 atom stereocenters. The number of carbonyl (C=O) groups excluding carboxylic acids is 2. The molecule has 0 spiro atoms. The van der Waals surface area contributed by atoms with E-state index in [0.717, 1.165) is 12.8 Å². The molecule has 106 valence electrons. The number of carbonyl (C=O) groups is 2. The molecular weight excluding hydrogens is 236 g/mol. The van der Waals surface area contributed by atoms with E-state index in [1.807, 2.05) is 13.8 Å². The monoisotopic (exact) mass is 260 g/mol. The summed E-state index contributed by atoms with van der Waals surface area (Å²) in [6.07, 6.45) is 1.71. The maximum atomic E-state index is 11.3. The van der Waals surface area contributed by atoms with E-state index < -0.39 is 11.6 Å². The fraction of sp³-hybridized carbons (Fsp3) is 0.846. The summed E-state index contributed by atoms with van der Waals surface area (Å²) in [4.78, 5) is 22.6. The van der Waals surface area contributed by atoms with Crippen LogP contribution in [0.5, 0.6) is 0 Å². The van der Waals surface area contributed by atoms with Crippen LogP contribution in [0.1, 0.15) is 52.9 Å². The molecule has 0 saturated heterocycles. The zero-order valence-electron chi connectivity index (χ0n) is 11.5. The van der Waals surface area contributed by atoms with Crippen LogP contribution in [-0.4, -0.2) is 35.9 Å². The molecule has 0 aromatic rings. The smallest absolute Gasteiger partial charge is 0.308 e. The van der Waals surface area contributed by atoms with Crippen LogP contribution in [-0.2, 0) is 19.1 Å². The van der Waals surface area contributed by atoms with Crippen molar-refractivity contribution < 1.29 is 24.2 Å². The van der Waals surface area contributed by atoms with Crippen LogP contribution in [0.3, 0.4) is 0 Å². The summed E-state index contributed by atoms with van der Waals surface area (Å²) in [7, 11) is 0. The van der Waals surface area contributed by atoms with Gasteiger partial charge in [0.15, 0.2) is 0 Å². The Hall–Kier alpha value is -1.10. The SMILES string of the molecule is CCCOC(=O)CCC(C)(O)CC(=O)OCCC. The van der Waals surface area contributed by atoms with E-state index in [0.29, 0.717) is 13.2 Å². The van der Waals surface area contributed by atoms with Crippen molar-refractivity contribution in [2.24, 2.45) is 0 Å². The van der Waals surface area contributed by atoms with Crippen LogP contribution >= 0.6 is 0 Å². The second-order valence-electron chi connectivity index (χ2n) is 4.61. The van der Waals surface area contributed by atoms with E-state index in [2.05, 4.69) is 0 Å². The molecule has 1 N–H and O–H groups in total. The van der Waals surface area contributed by atoms with Gasteiger partial charge in [0.2, 0.25) is 0 Å². The van der Waals surface area contributed by atoms with Gasteiger partial charge in [-0.15, -0.1) is 0 Å². The Labute approximate surface area is 108 Å². The molecule has 0 aromatic carbocycles. The predicted octanol–water partition coefficient (Wildman–Crippen LogP) is 1.81. The Morgan fingerprint density at radius 3 is 2.06 bits per heavy atom. The van der Waals surface area contributed by atoms with Gasteiger partial charge in [0.25, 0.3) is 0 Å². The number of aliphatic hydroxyl groups is 1. The van der Waals surface area contributed by atoms with E-state index in [1.165, 1.54) is 6.92 Å². The van der Waals surface area contributed by atoms with Crippen molar-refractivity contribution in [3.63, 3.8) is 0 Å². The molecule has 0 aliphatic heterocycles. The highest BCUT2D eigenvalue weighted by molar-refractivity contribution is 5.71. The zero-order valence-corrected chi connectivity index (χ0v) is 11.5. The Balaban J connectivity index is 3.91. The number of esters is 2. The summed E-state index contributed by atoms with van der Waals surface area (Å²) in [5.74, 6) is -0.789. The first-order valence-corrected chi connectivity index (χ1v) is 6.45. The third-order valence-electron chi connectivity index (χ3n) is 2.33. The average Bonchev–Trinajstić information content (AvgIpc) is 2.30. The molecule has 5 heteroatoms. The molecule has 0 amide bonds. The van der Waals surface area contributed by atoms with Crippen LogP contribution < -0.4 is 0 Å². The van der Waals surface area contributed by atoms with Crippen molar-refractivity contribution in [2.45, 2.75) is 58.5 Å². The minimum atomic E-state index is -1.23. The summed E-state index contributed by atoms with van der Waals surface area (Å²) < 4.78 is 9.77. The molecule has 0 bridgehead atoms. The van der Waals surface area contributed by atoms with E-state index in [4.69, 9.17) is 9.47 Å². The molecule has 5 nitrogen and oxygen atoms in total. The molecule has 0 aliphatic rings. The molecule has 0 aliphatic carbocycles. The van der Waals surface area contributed by atoms with Gasteiger partial charge in [-0.3, -0.25) is 9.59 Å². The van der Waals surface area contributed by atoms with Gasteiger partial charge in [0.1, 0.15) is 0 Å². The van der Waals surface area contributed by atoms with Crippen LogP contribution in [0, 0.1) is 0 Å². The third kappa shape index (κ3) is 8.98. The lowest BCUT2D eigenvalue weighted by Crippen LogP contribution is -2.30. The predicted molar refractivity (Wildman–Crippen MR) is 67.0 cm³/mol. The van der Waals surface area contributed by atoms with E-state index in [-0.39, 0.29) is 25.2 Å². The third-order valence-corrected chi connectivity index (χ3v) is 2.33. The lowest BCUT2D eigenvalue weighted by Gasteiger charge is -2.21. The quantitative estimate of drug-likeness (QED) is 0.640. The topological polar surface area (TPSA) is 72.8 Å². The summed E-state index contributed by atoms with van der Waals surface area (Å²) in [5.41, 5.74) is -1.23. The van der Waals surface area contributed by atoms with E-state index in [1.54, 1.807) is 0 Å². The first kappa shape index (κ1) is 16.9. The van der Waals surface area contributed by atoms with Crippen LogP contribution in [0.2, 0.25) is 0 Å². The second-order valence-corrected chi connectivity index (χ2v) is 4.61. The van der Waals surface area contributed by atoms with Gasteiger partial charge in [-0.1, -0.05) is 13.8 Å². The van der Waals surface area contributed by atoms with Gasteiger partial charge >= 0.3 is 11.9 Å². The second kappa shape index (κ2) is 8.91. The Morgan fingerprint density at radius 2 is 1.56 bits per heavy atom. The Bertz CT molecular complexity index is 260. The lowest BCUT2D eigenvalue weighted by molar-refractivity contribution is -0.151. The van der Waals surface area contributed by atoms with Gasteiger partial charge < -0.3 is 14.6 Å². The molecule has 0 aromatic heterocycles. The summed E-state index contributed by atoms with van der Waals surface area (Å²) in [6, 6.07) is 0. The maximum absolute atomic E-state index is 11.3.